The Morgan fingerprint density at radius 3 is 2.94 bits per heavy atom. The quantitative estimate of drug-likeness (QED) is 0.627. The van der Waals surface area contributed by atoms with E-state index in [1.807, 2.05) is 25.2 Å². The number of benzene rings is 1. The molecule has 0 radical (unpaired) electrons. The van der Waals surface area contributed by atoms with Crippen molar-refractivity contribution >= 4 is 22.8 Å². The molecule has 17 heavy (non-hydrogen) atoms. The van der Waals surface area contributed by atoms with E-state index in [2.05, 4.69) is 15.6 Å². The van der Waals surface area contributed by atoms with Crippen LogP contribution in [0, 0.1) is 0 Å². The van der Waals surface area contributed by atoms with Crippen LogP contribution >= 0.6 is 11.8 Å². The van der Waals surface area contributed by atoms with E-state index in [0.717, 1.165) is 21.9 Å². The van der Waals surface area contributed by atoms with Gasteiger partial charge in [0.2, 0.25) is 0 Å². The highest BCUT2D eigenvalue weighted by Crippen LogP contribution is 2.22. The van der Waals surface area contributed by atoms with Gasteiger partial charge in [0.05, 0.1) is 30.9 Å². The fourth-order valence-corrected chi connectivity index (χ4v) is 2.45. The SMILES string of the molecule is Cn1c(SCCOCCO)nc2ccccc21. The van der Waals surface area contributed by atoms with Crippen molar-refractivity contribution in [2.75, 3.05) is 25.6 Å². The lowest BCUT2D eigenvalue weighted by molar-refractivity contribution is 0.103. The van der Waals surface area contributed by atoms with Gasteiger partial charge in [-0.1, -0.05) is 23.9 Å². The average Bonchev–Trinajstić information content (AvgIpc) is 2.67. The molecule has 0 aliphatic rings. The van der Waals surface area contributed by atoms with Crippen LogP contribution in [0.4, 0.5) is 0 Å². The maximum Gasteiger partial charge on any atom is 0.168 e. The van der Waals surface area contributed by atoms with Crippen molar-refractivity contribution in [1.29, 1.82) is 0 Å². The Morgan fingerprint density at radius 2 is 2.18 bits per heavy atom. The molecule has 1 aromatic carbocycles. The molecule has 0 aliphatic heterocycles. The number of ether oxygens (including phenoxy) is 1. The summed E-state index contributed by atoms with van der Waals surface area (Å²) in [6, 6.07) is 8.09. The number of rotatable bonds is 6. The van der Waals surface area contributed by atoms with Crippen LogP contribution in [0.5, 0.6) is 0 Å². The minimum Gasteiger partial charge on any atom is -0.394 e. The van der Waals surface area contributed by atoms with Gasteiger partial charge in [-0.15, -0.1) is 0 Å². The van der Waals surface area contributed by atoms with Crippen molar-refractivity contribution in [3.05, 3.63) is 24.3 Å². The second-order valence-electron chi connectivity index (χ2n) is 3.63. The molecule has 0 amide bonds. The maximum atomic E-state index is 8.57. The molecule has 1 N–H and O–H groups in total. The molecule has 0 atom stereocenters. The first-order chi connectivity index (χ1) is 8.33. The predicted molar refractivity (Wildman–Crippen MR) is 69.3 cm³/mol. The van der Waals surface area contributed by atoms with Gasteiger partial charge in [-0.2, -0.15) is 0 Å². The zero-order chi connectivity index (χ0) is 12.1. The van der Waals surface area contributed by atoms with Crippen LogP contribution in [0.15, 0.2) is 29.4 Å². The van der Waals surface area contributed by atoms with Gasteiger partial charge in [0.15, 0.2) is 5.16 Å². The number of para-hydroxylation sites is 2. The molecular formula is C12H16N2O2S. The molecule has 0 fully saturated rings. The van der Waals surface area contributed by atoms with Gasteiger partial charge in [0.25, 0.3) is 0 Å². The average molecular weight is 252 g/mol. The standard InChI is InChI=1S/C12H16N2O2S/c1-14-11-5-3-2-4-10(11)13-12(14)17-9-8-16-7-6-15/h2-5,15H,6-9H2,1H3. The zero-order valence-corrected chi connectivity index (χ0v) is 10.6. The maximum absolute atomic E-state index is 8.57. The van der Waals surface area contributed by atoms with E-state index in [1.165, 1.54) is 0 Å². The summed E-state index contributed by atoms with van der Waals surface area (Å²) in [5.74, 6) is 0.844. The molecule has 0 saturated carbocycles. The normalized spacial score (nSPS) is 11.2. The highest BCUT2D eigenvalue weighted by molar-refractivity contribution is 7.99. The summed E-state index contributed by atoms with van der Waals surface area (Å²) < 4.78 is 7.30. The van der Waals surface area contributed by atoms with Gasteiger partial charge in [0.1, 0.15) is 0 Å². The number of thioether (sulfide) groups is 1. The van der Waals surface area contributed by atoms with Crippen LogP contribution in [-0.2, 0) is 11.8 Å². The first-order valence-corrected chi connectivity index (χ1v) is 6.54. The molecule has 0 aliphatic carbocycles. The number of aliphatic hydroxyl groups is 1. The number of hydrogen-bond donors (Lipinski definition) is 1. The third-order valence-electron chi connectivity index (χ3n) is 2.44. The third kappa shape index (κ3) is 3.00. The molecule has 1 heterocycles. The second-order valence-corrected chi connectivity index (χ2v) is 4.69. The molecule has 1 aromatic heterocycles. The summed E-state index contributed by atoms with van der Waals surface area (Å²) in [6.07, 6.45) is 0. The fraction of sp³-hybridized carbons (Fsp3) is 0.417. The number of aromatic nitrogens is 2. The fourth-order valence-electron chi connectivity index (χ4n) is 1.61. The molecule has 2 aromatic rings. The van der Waals surface area contributed by atoms with Crippen molar-refractivity contribution in [1.82, 2.24) is 9.55 Å². The highest BCUT2D eigenvalue weighted by atomic mass is 32.2. The lowest BCUT2D eigenvalue weighted by Crippen LogP contribution is -2.03. The monoisotopic (exact) mass is 252 g/mol. The Kier molecular flexibility index (Phi) is 4.42. The van der Waals surface area contributed by atoms with Crippen molar-refractivity contribution in [2.24, 2.45) is 7.05 Å². The predicted octanol–water partition coefficient (Wildman–Crippen LogP) is 1.67. The van der Waals surface area contributed by atoms with Crippen LogP contribution in [0.25, 0.3) is 11.0 Å². The van der Waals surface area contributed by atoms with Crippen LogP contribution in [-0.4, -0.2) is 40.2 Å². The molecule has 0 saturated heterocycles. The lowest BCUT2D eigenvalue weighted by atomic mass is 10.3. The zero-order valence-electron chi connectivity index (χ0n) is 9.80. The number of hydrogen-bond acceptors (Lipinski definition) is 4. The third-order valence-corrected chi connectivity index (χ3v) is 3.43. The summed E-state index contributed by atoms with van der Waals surface area (Å²) >= 11 is 1.67. The Hall–Kier alpha value is -1.04. The minimum absolute atomic E-state index is 0.0803. The molecule has 5 heteroatoms. The number of nitrogens with zero attached hydrogens (tertiary/aromatic N) is 2. The van der Waals surface area contributed by atoms with E-state index in [0.29, 0.717) is 13.2 Å². The van der Waals surface area contributed by atoms with E-state index < -0.39 is 0 Å². The molecule has 0 bridgehead atoms. The van der Waals surface area contributed by atoms with E-state index >= 15 is 0 Å². The number of aliphatic hydroxyl groups excluding tert-OH is 1. The summed E-state index contributed by atoms with van der Waals surface area (Å²) in [7, 11) is 2.02. The van der Waals surface area contributed by atoms with Crippen molar-refractivity contribution in [2.45, 2.75) is 5.16 Å². The minimum atomic E-state index is 0.0803. The van der Waals surface area contributed by atoms with Gasteiger partial charge in [-0.05, 0) is 12.1 Å². The molecule has 0 spiro atoms. The molecular weight excluding hydrogens is 236 g/mol. The van der Waals surface area contributed by atoms with E-state index in [1.54, 1.807) is 11.8 Å². The lowest BCUT2D eigenvalue weighted by Gasteiger charge is -2.02. The van der Waals surface area contributed by atoms with E-state index in [9.17, 15) is 0 Å². The Labute approximate surface area is 105 Å². The topological polar surface area (TPSA) is 47.3 Å². The number of fused-ring (bicyclic) bond motifs is 1. The Morgan fingerprint density at radius 1 is 1.35 bits per heavy atom. The Bertz CT molecular complexity index is 484. The van der Waals surface area contributed by atoms with Crippen LogP contribution in [0.2, 0.25) is 0 Å². The summed E-state index contributed by atoms with van der Waals surface area (Å²) in [4.78, 5) is 4.55. The molecule has 2 rings (SSSR count). The van der Waals surface area contributed by atoms with Crippen molar-refractivity contribution in [3.8, 4) is 0 Å². The van der Waals surface area contributed by atoms with Gasteiger partial charge in [-0.3, -0.25) is 0 Å². The van der Waals surface area contributed by atoms with E-state index in [-0.39, 0.29) is 6.61 Å². The van der Waals surface area contributed by atoms with Crippen LogP contribution in [0.3, 0.4) is 0 Å². The van der Waals surface area contributed by atoms with Gasteiger partial charge < -0.3 is 14.4 Å². The summed E-state index contributed by atoms with van der Waals surface area (Å²) in [6.45, 7) is 1.12. The second kappa shape index (κ2) is 6.05. The highest BCUT2D eigenvalue weighted by Gasteiger charge is 2.06. The molecule has 4 nitrogen and oxygen atoms in total. The van der Waals surface area contributed by atoms with E-state index in [4.69, 9.17) is 9.84 Å². The molecule has 92 valence electrons. The summed E-state index contributed by atoms with van der Waals surface area (Å²) in [5, 5.41) is 9.57. The van der Waals surface area contributed by atoms with Crippen LogP contribution in [0.1, 0.15) is 0 Å². The summed E-state index contributed by atoms with van der Waals surface area (Å²) in [5.41, 5.74) is 2.17. The van der Waals surface area contributed by atoms with Gasteiger partial charge >= 0.3 is 0 Å². The largest absolute Gasteiger partial charge is 0.394 e. The van der Waals surface area contributed by atoms with Crippen LogP contribution < -0.4 is 0 Å². The van der Waals surface area contributed by atoms with Crippen molar-refractivity contribution < 1.29 is 9.84 Å². The van der Waals surface area contributed by atoms with Crippen molar-refractivity contribution in [3.63, 3.8) is 0 Å². The van der Waals surface area contributed by atoms with Gasteiger partial charge in [0, 0.05) is 12.8 Å². The Balaban J connectivity index is 1.97. The number of aryl methyl sites for hydroxylation is 1. The van der Waals surface area contributed by atoms with Gasteiger partial charge in [-0.25, -0.2) is 4.98 Å². The smallest absolute Gasteiger partial charge is 0.168 e. The molecule has 0 unspecified atom stereocenters. The first-order valence-electron chi connectivity index (χ1n) is 5.56. The first kappa shape index (κ1) is 12.4. The number of imidazole rings is 1.